The van der Waals surface area contributed by atoms with Crippen LogP contribution < -0.4 is 20.1 Å². The van der Waals surface area contributed by atoms with Crippen LogP contribution in [-0.2, 0) is 9.59 Å². The number of ether oxygens (including phenoxy) is 2. The maximum absolute atomic E-state index is 12.2. The Bertz CT molecular complexity index is 1020. The van der Waals surface area contributed by atoms with Gasteiger partial charge >= 0.3 is 6.36 Å². The number of rotatable bonds is 6. The number of methoxy groups -OCH3 is 1. The number of alkyl halides is 3. The number of amides is 2. The van der Waals surface area contributed by atoms with Crippen molar-refractivity contribution in [1.82, 2.24) is 5.32 Å². The Morgan fingerprint density at radius 1 is 1.26 bits per heavy atom. The van der Waals surface area contributed by atoms with Gasteiger partial charge < -0.3 is 20.1 Å². The summed E-state index contributed by atoms with van der Waals surface area (Å²) in [6.45, 7) is 0. The lowest BCUT2D eigenvalue weighted by atomic mass is 10.2. The molecule has 12 heteroatoms. The first-order valence-corrected chi connectivity index (χ1v) is 9.94. The number of carbonyl (C=O) groups excluding carboxylic acids is 2. The van der Waals surface area contributed by atoms with Gasteiger partial charge in [0.25, 0.3) is 0 Å². The minimum absolute atomic E-state index is 0.164. The van der Waals surface area contributed by atoms with E-state index in [2.05, 4.69) is 20.4 Å². The fourth-order valence-electron chi connectivity index (χ4n) is 2.57. The molecule has 2 amide bonds. The monoisotopic (exact) mass is 473 g/mol. The molecule has 1 aliphatic heterocycles. The van der Waals surface area contributed by atoms with E-state index in [9.17, 15) is 22.8 Å². The molecule has 0 spiro atoms. The molecule has 1 saturated heterocycles. The Morgan fingerprint density at radius 3 is 2.61 bits per heavy atom. The molecule has 164 valence electrons. The van der Waals surface area contributed by atoms with Gasteiger partial charge in [-0.15, -0.1) is 13.2 Å². The van der Waals surface area contributed by atoms with Gasteiger partial charge in [-0.05, 0) is 42.5 Å². The topological polar surface area (TPSA) is 89.0 Å². The van der Waals surface area contributed by atoms with E-state index in [1.165, 1.54) is 19.2 Å². The minimum atomic E-state index is -4.80. The molecule has 1 aliphatic rings. The van der Waals surface area contributed by atoms with Crippen LogP contribution in [0.15, 0.2) is 47.5 Å². The van der Waals surface area contributed by atoms with Crippen molar-refractivity contribution in [2.75, 3.05) is 12.4 Å². The Hall–Kier alpha value is -2.92. The molecule has 31 heavy (non-hydrogen) atoms. The second-order valence-electron chi connectivity index (χ2n) is 6.15. The SMILES string of the molecule is COc1ccc(Cl)cc1N=C1NC(=O)C(CC(=O)Nc2ccc(OC(F)(F)F)cc2)S1. The zero-order valence-corrected chi connectivity index (χ0v) is 17.4. The smallest absolute Gasteiger partial charge is 0.494 e. The summed E-state index contributed by atoms with van der Waals surface area (Å²) in [4.78, 5) is 28.8. The van der Waals surface area contributed by atoms with Gasteiger partial charge in [0, 0.05) is 17.1 Å². The second-order valence-corrected chi connectivity index (χ2v) is 7.78. The fraction of sp³-hybridized carbons (Fsp3) is 0.211. The third-order valence-corrected chi connectivity index (χ3v) is 5.20. The van der Waals surface area contributed by atoms with Crippen LogP contribution in [0.4, 0.5) is 24.5 Å². The van der Waals surface area contributed by atoms with Crippen molar-refractivity contribution < 1.29 is 32.2 Å². The standard InChI is InChI=1S/C19H15ClF3N3O4S/c1-29-14-7-2-10(20)8-13(14)25-18-26-17(28)15(31-18)9-16(27)24-11-3-5-12(6-4-11)30-19(21,22)23/h2-8,15H,9H2,1H3,(H,24,27)(H,25,26,28). The molecular weight excluding hydrogens is 459 g/mol. The largest absolute Gasteiger partial charge is 0.573 e. The van der Waals surface area contributed by atoms with Crippen molar-refractivity contribution in [3.63, 3.8) is 0 Å². The summed E-state index contributed by atoms with van der Waals surface area (Å²) in [7, 11) is 1.47. The van der Waals surface area contributed by atoms with E-state index in [1.807, 2.05) is 0 Å². The molecule has 0 aromatic heterocycles. The van der Waals surface area contributed by atoms with Crippen LogP contribution in [0.3, 0.4) is 0 Å². The van der Waals surface area contributed by atoms with Crippen LogP contribution in [-0.4, -0.2) is 35.7 Å². The van der Waals surface area contributed by atoms with Gasteiger partial charge in [-0.25, -0.2) is 4.99 Å². The van der Waals surface area contributed by atoms with E-state index in [0.717, 1.165) is 23.9 Å². The highest BCUT2D eigenvalue weighted by Crippen LogP contribution is 2.33. The van der Waals surface area contributed by atoms with Crippen molar-refractivity contribution in [2.24, 2.45) is 4.99 Å². The van der Waals surface area contributed by atoms with Crippen molar-refractivity contribution in [1.29, 1.82) is 0 Å². The lowest BCUT2D eigenvalue weighted by Crippen LogP contribution is -2.28. The number of hydrogen-bond acceptors (Lipinski definition) is 6. The van der Waals surface area contributed by atoms with Gasteiger partial charge in [0.2, 0.25) is 11.8 Å². The van der Waals surface area contributed by atoms with Crippen LogP contribution >= 0.6 is 23.4 Å². The van der Waals surface area contributed by atoms with Crippen molar-refractivity contribution in [3.8, 4) is 11.5 Å². The van der Waals surface area contributed by atoms with Crippen molar-refractivity contribution in [2.45, 2.75) is 18.0 Å². The molecular formula is C19H15ClF3N3O4S. The molecule has 3 rings (SSSR count). The number of anilines is 1. The predicted molar refractivity (Wildman–Crippen MR) is 111 cm³/mol. The summed E-state index contributed by atoms with van der Waals surface area (Å²) in [5, 5.41) is 5.12. The summed E-state index contributed by atoms with van der Waals surface area (Å²) < 4.78 is 45.6. The van der Waals surface area contributed by atoms with Gasteiger partial charge in [-0.1, -0.05) is 23.4 Å². The van der Waals surface area contributed by atoms with Gasteiger partial charge in [-0.3, -0.25) is 9.59 Å². The normalized spacial score (nSPS) is 17.4. The highest BCUT2D eigenvalue weighted by atomic mass is 35.5. The first kappa shape index (κ1) is 22.8. The van der Waals surface area contributed by atoms with E-state index in [0.29, 0.717) is 16.5 Å². The van der Waals surface area contributed by atoms with Gasteiger partial charge in [0.15, 0.2) is 5.17 Å². The highest BCUT2D eigenvalue weighted by Gasteiger charge is 2.33. The Morgan fingerprint density at radius 2 is 1.97 bits per heavy atom. The third kappa shape index (κ3) is 6.53. The van der Waals surface area contributed by atoms with E-state index in [-0.39, 0.29) is 17.3 Å². The Kier molecular flexibility index (Phi) is 6.96. The third-order valence-electron chi connectivity index (χ3n) is 3.88. The molecule has 2 aromatic rings. The van der Waals surface area contributed by atoms with E-state index in [4.69, 9.17) is 16.3 Å². The first-order chi connectivity index (χ1) is 14.6. The van der Waals surface area contributed by atoms with Crippen LogP contribution in [0.1, 0.15) is 6.42 Å². The molecule has 7 nitrogen and oxygen atoms in total. The maximum atomic E-state index is 12.2. The lowest BCUT2D eigenvalue weighted by Gasteiger charge is -2.10. The average Bonchev–Trinajstić information content (AvgIpc) is 3.01. The molecule has 1 atom stereocenters. The van der Waals surface area contributed by atoms with Crippen LogP contribution in [0.5, 0.6) is 11.5 Å². The average molecular weight is 474 g/mol. The highest BCUT2D eigenvalue weighted by molar-refractivity contribution is 8.15. The Labute approximate surface area is 184 Å². The molecule has 0 aliphatic carbocycles. The van der Waals surface area contributed by atoms with Crippen LogP contribution in [0, 0.1) is 0 Å². The summed E-state index contributed by atoms with van der Waals surface area (Å²) in [6.07, 6.45) is -4.96. The number of hydrogen-bond donors (Lipinski definition) is 2. The summed E-state index contributed by atoms with van der Waals surface area (Å²) in [5.74, 6) is -0.827. The summed E-state index contributed by atoms with van der Waals surface area (Å²) in [5.41, 5.74) is 0.685. The lowest BCUT2D eigenvalue weighted by molar-refractivity contribution is -0.274. The van der Waals surface area contributed by atoms with E-state index < -0.39 is 29.2 Å². The number of thioether (sulfide) groups is 1. The van der Waals surface area contributed by atoms with Crippen molar-refractivity contribution >= 4 is 51.7 Å². The number of carbonyl (C=O) groups is 2. The molecule has 2 aromatic carbocycles. The maximum Gasteiger partial charge on any atom is 0.573 e. The molecule has 1 heterocycles. The number of nitrogens with zero attached hydrogens (tertiary/aromatic N) is 1. The zero-order chi connectivity index (χ0) is 22.6. The number of amidine groups is 1. The number of benzene rings is 2. The van der Waals surface area contributed by atoms with E-state index in [1.54, 1.807) is 18.2 Å². The molecule has 0 radical (unpaired) electrons. The van der Waals surface area contributed by atoms with Crippen molar-refractivity contribution in [3.05, 3.63) is 47.5 Å². The zero-order valence-electron chi connectivity index (χ0n) is 15.8. The van der Waals surface area contributed by atoms with Crippen LogP contribution in [0.2, 0.25) is 5.02 Å². The summed E-state index contributed by atoms with van der Waals surface area (Å²) in [6, 6.07) is 9.52. The van der Waals surface area contributed by atoms with Crippen LogP contribution in [0.25, 0.3) is 0 Å². The molecule has 0 bridgehead atoms. The summed E-state index contributed by atoms with van der Waals surface area (Å²) >= 11 is 7.04. The minimum Gasteiger partial charge on any atom is -0.494 e. The molecule has 0 saturated carbocycles. The Balaban J connectivity index is 1.60. The number of halogens is 4. The fourth-order valence-corrected chi connectivity index (χ4v) is 3.72. The van der Waals surface area contributed by atoms with E-state index >= 15 is 0 Å². The van der Waals surface area contributed by atoms with Gasteiger partial charge in [0.1, 0.15) is 22.4 Å². The van der Waals surface area contributed by atoms with Gasteiger partial charge in [-0.2, -0.15) is 0 Å². The second kappa shape index (κ2) is 9.48. The number of nitrogens with one attached hydrogen (secondary N) is 2. The molecule has 1 fully saturated rings. The molecule has 1 unspecified atom stereocenters. The number of aliphatic imine (C=N–C) groups is 1. The van der Waals surface area contributed by atoms with Gasteiger partial charge in [0.05, 0.1) is 7.11 Å². The first-order valence-electron chi connectivity index (χ1n) is 8.68. The molecule has 2 N–H and O–H groups in total. The predicted octanol–water partition coefficient (Wildman–Crippen LogP) is 4.50. The quantitative estimate of drug-likeness (QED) is 0.645.